The van der Waals surface area contributed by atoms with E-state index in [-0.39, 0.29) is 5.54 Å². The van der Waals surface area contributed by atoms with Crippen LogP contribution in [0.1, 0.15) is 55.1 Å². The summed E-state index contributed by atoms with van der Waals surface area (Å²) in [6.45, 7) is 5.64. The lowest BCUT2D eigenvalue weighted by molar-refractivity contribution is 0.337. The average Bonchev–Trinajstić information content (AvgIpc) is 2.92. The molecule has 2 atom stereocenters. The predicted octanol–water partition coefficient (Wildman–Crippen LogP) is 3.26. The topological polar surface area (TPSA) is 24.9 Å². The molecule has 2 unspecified atom stereocenters. The minimum Gasteiger partial charge on any atom is -0.306 e. The summed E-state index contributed by atoms with van der Waals surface area (Å²) in [5, 5.41) is 5.12. The van der Waals surface area contributed by atoms with Gasteiger partial charge in [-0.3, -0.25) is 0 Å². The van der Waals surface area contributed by atoms with E-state index in [1.54, 1.807) is 4.88 Å². The summed E-state index contributed by atoms with van der Waals surface area (Å²) in [5.74, 6) is 0.841. The molecule has 2 aliphatic carbocycles. The first-order chi connectivity index (χ1) is 8.23. The maximum atomic E-state index is 4.95. The van der Waals surface area contributed by atoms with Crippen LogP contribution in [0.15, 0.2) is 0 Å². The Morgan fingerprint density at radius 2 is 2.35 bits per heavy atom. The number of thiazole rings is 1. The fraction of sp³-hybridized carbons (Fsp3) is 0.786. The Hall–Kier alpha value is -0.410. The Morgan fingerprint density at radius 1 is 1.47 bits per heavy atom. The second-order valence-corrected chi connectivity index (χ2v) is 6.79. The van der Waals surface area contributed by atoms with Gasteiger partial charge in [-0.05, 0) is 51.0 Å². The van der Waals surface area contributed by atoms with Gasteiger partial charge in [-0.25, -0.2) is 4.98 Å². The highest BCUT2D eigenvalue weighted by Crippen LogP contribution is 2.44. The minimum absolute atomic E-state index is 0.211. The SMILES string of the molecule is CCNC1(c2nc3c(s2)CCC3)CCC(C)C1. The van der Waals surface area contributed by atoms with Gasteiger partial charge in [0.15, 0.2) is 0 Å². The van der Waals surface area contributed by atoms with Gasteiger partial charge in [0.1, 0.15) is 5.01 Å². The zero-order valence-corrected chi connectivity index (χ0v) is 11.7. The first kappa shape index (κ1) is 11.7. The van der Waals surface area contributed by atoms with Gasteiger partial charge in [0, 0.05) is 4.88 Å². The highest BCUT2D eigenvalue weighted by molar-refractivity contribution is 7.12. The van der Waals surface area contributed by atoms with Crippen molar-refractivity contribution < 1.29 is 0 Å². The Balaban J connectivity index is 1.92. The molecule has 0 aromatic carbocycles. The molecule has 2 nitrogen and oxygen atoms in total. The number of aryl methyl sites for hydroxylation is 2. The molecule has 0 aliphatic heterocycles. The van der Waals surface area contributed by atoms with E-state index in [0.717, 1.165) is 12.5 Å². The molecular weight excluding hydrogens is 228 g/mol. The maximum Gasteiger partial charge on any atom is 0.113 e. The summed E-state index contributed by atoms with van der Waals surface area (Å²) in [7, 11) is 0. The van der Waals surface area contributed by atoms with E-state index < -0.39 is 0 Å². The van der Waals surface area contributed by atoms with E-state index in [4.69, 9.17) is 4.98 Å². The van der Waals surface area contributed by atoms with Crippen LogP contribution in [-0.2, 0) is 18.4 Å². The number of nitrogens with zero attached hydrogens (tertiary/aromatic N) is 1. The molecule has 1 heterocycles. The van der Waals surface area contributed by atoms with Crippen molar-refractivity contribution in [1.82, 2.24) is 10.3 Å². The molecule has 0 saturated heterocycles. The van der Waals surface area contributed by atoms with Gasteiger partial charge in [0.25, 0.3) is 0 Å². The van der Waals surface area contributed by atoms with Crippen LogP contribution in [0, 0.1) is 5.92 Å². The zero-order valence-electron chi connectivity index (χ0n) is 10.9. The second kappa shape index (κ2) is 4.36. The summed E-state index contributed by atoms with van der Waals surface area (Å²) in [4.78, 5) is 6.52. The van der Waals surface area contributed by atoms with Crippen LogP contribution in [0.4, 0.5) is 0 Å². The van der Waals surface area contributed by atoms with Crippen molar-refractivity contribution in [3.8, 4) is 0 Å². The predicted molar refractivity (Wildman–Crippen MR) is 72.5 cm³/mol. The molecule has 3 heteroatoms. The Kier molecular flexibility index (Phi) is 2.99. The fourth-order valence-corrected chi connectivity index (χ4v) is 4.81. The molecule has 1 saturated carbocycles. The average molecular weight is 250 g/mol. The van der Waals surface area contributed by atoms with Gasteiger partial charge in [0.05, 0.1) is 11.2 Å². The number of aromatic nitrogens is 1. The monoisotopic (exact) mass is 250 g/mol. The molecule has 94 valence electrons. The van der Waals surface area contributed by atoms with Crippen molar-refractivity contribution in [2.75, 3.05) is 6.54 Å². The van der Waals surface area contributed by atoms with Crippen LogP contribution in [-0.4, -0.2) is 11.5 Å². The Labute approximate surface area is 108 Å². The van der Waals surface area contributed by atoms with Gasteiger partial charge in [0.2, 0.25) is 0 Å². The fourth-order valence-electron chi connectivity index (χ4n) is 3.46. The van der Waals surface area contributed by atoms with Crippen molar-refractivity contribution in [3.63, 3.8) is 0 Å². The maximum absolute atomic E-state index is 4.95. The third kappa shape index (κ3) is 1.93. The van der Waals surface area contributed by atoms with Crippen LogP contribution >= 0.6 is 11.3 Å². The van der Waals surface area contributed by atoms with Crippen LogP contribution in [0.25, 0.3) is 0 Å². The third-order valence-corrected chi connectivity index (χ3v) is 5.64. The number of fused-ring (bicyclic) bond motifs is 1. The van der Waals surface area contributed by atoms with Crippen LogP contribution < -0.4 is 5.32 Å². The first-order valence-electron chi connectivity index (χ1n) is 6.97. The van der Waals surface area contributed by atoms with Gasteiger partial charge in [-0.2, -0.15) is 0 Å². The number of hydrogen-bond acceptors (Lipinski definition) is 3. The van der Waals surface area contributed by atoms with Gasteiger partial charge in [-0.15, -0.1) is 11.3 Å². The van der Waals surface area contributed by atoms with E-state index in [0.29, 0.717) is 0 Å². The molecule has 1 N–H and O–H groups in total. The second-order valence-electron chi connectivity index (χ2n) is 5.70. The van der Waals surface area contributed by atoms with Crippen molar-refractivity contribution in [1.29, 1.82) is 0 Å². The third-order valence-electron chi connectivity index (χ3n) is 4.28. The van der Waals surface area contributed by atoms with E-state index in [1.807, 2.05) is 11.3 Å². The largest absolute Gasteiger partial charge is 0.306 e. The lowest BCUT2D eigenvalue weighted by Crippen LogP contribution is -2.40. The zero-order chi connectivity index (χ0) is 11.9. The molecule has 0 amide bonds. The van der Waals surface area contributed by atoms with E-state index >= 15 is 0 Å². The Bertz CT molecular complexity index is 387. The van der Waals surface area contributed by atoms with E-state index in [2.05, 4.69) is 19.2 Å². The summed E-state index contributed by atoms with van der Waals surface area (Å²) in [6.07, 6.45) is 7.69. The molecule has 0 bridgehead atoms. The van der Waals surface area contributed by atoms with E-state index in [1.165, 1.54) is 49.2 Å². The van der Waals surface area contributed by atoms with Crippen LogP contribution in [0.2, 0.25) is 0 Å². The van der Waals surface area contributed by atoms with Gasteiger partial charge in [-0.1, -0.05) is 13.8 Å². The molecule has 1 aromatic heterocycles. The quantitative estimate of drug-likeness (QED) is 0.890. The number of nitrogens with one attached hydrogen (secondary N) is 1. The molecule has 1 fully saturated rings. The molecular formula is C14H22N2S. The highest BCUT2D eigenvalue weighted by Gasteiger charge is 2.41. The highest BCUT2D eigenvalue weighted by atomic mass is 32.1. The Morgan fingerprint density at radius 3 is 3.00 bits per heavy atom. The molecule has 2 aliphatic rings. The summed E-state index contributed by atoms with van der Waals surface area (Å²) in [5.41, 5.74) is 1.62. The van der Waals surface area contributed by atoms with Gasteiger partial charge >= 0.3 is 0 Å². The van der Waals surface area contributed by atoms with Crippen molar-refractivity contribution in [2.45, 2.75) is 57.9 Å². The lowest BCUT2D eigenvalue weighted by Gasteiger charge is -2.28. The summed E-state index contributed by atoms with van der Waals surface area (Å²) >= 11 is 1.99. The molecule has 3 rings (SSSR count). The van der Waals surface area contributed by atoms with Crippen molar-refractivity contribution in [3.05, 3.63) is 15.6 Å². The standard InChI is InChI=1S/C14H22N2S/c1-3-15-14(8-7-10(2)9-14)13-16-11-5-4-6-12(11)17-13/h10,15H,3-9H2,1-2H3. The molecule has 0 spiro atoms. The summed E-state index contributed by atoms with van der Waals surface area (Å²) in [6, 6.07) is 0. The summed E-state index contributed by atoms with van der Waals surface area (Å²) < 4.78 is 0. The van der Waals surface area contributed by atoms with Crippen LogP contribution in [0.5, 0.6) is 0 Å². The van der Waals surface area contributed by atoms with Crippen LogP contribution in [0.3, 0.4) is 0 Å². The molecule has 0 radical (unpaired) electrons. The van der Waals surface area contributed by atoms with E-state index in [9.17, 15) is 0 Å². The van der Waals surface area contributed by atoms with Crippen molar-refractivity contribution in [2.24, 2.45) is 5.92 Å². The number of rotatable bonds is 3. The number of hydrogen-bond donors (Lipinski definition) is 1. The van der Waals surface area contributed by atoms with Gasteiger partial charge < -0.3 is 5.32 Å². The first-order valence-corrected chi connectivity index (χ1v) is 7.79. The smallest absolute Gasteiger partial charge is 0.113 e. The molecule has 1 aromatic rings. The minimum atomic E-state index is 0.211. The lowest BCUT2D eigenvalue weighted by atomic mass is 9.97. The molecule has 17 heavy (non-hydrogen) atoms. The van der Waals surface area contributed by atoms with Crippen molar-refractivity contribution >= 4 is 11.3 Å². The normalized spacial score (nSPS) is 32.0.